The number of rotatable bonds is 2. The fourth-order valence-electron chi connectivity index (χ4n) is 0.886. The van der Waals surface area contributed by atoms with E-state index in [1.807, 2.05) is 0 Å². The number of halogens is 2. The summed E-state index contributed by atoms with van der Waals surface area (Å²) in [6.07, 6.45) is 0. The van der Waals surface area contributed by atoms with Crippen molar-refractivity contribution in [1.29, 1.82) is 0 Å². The lowest BCUT2D eigenvalue weighted by Crippen LogP contribution is -1.99. The van der Waals surface area contributed by atoms with E-state index in [1.54, 1.807) is 0 Å². The summed E-state index contributed by atoms with van der Waals surface area (Å²) in [7, 11) is 2.13. The SMILES string of the molecule is COc1cccc(F)c1S(=O)(=O)Cl. The summed E-state index contributed by atoms with van der Waals surface area (Å²) in [6, 6.07) is 3.65. The van der Waals surface area contributed by atoms with Crippen LogP contribution in [-0.4, -0.2) is 15.5 Å². The molecule has 0 aliphatic rings. The lowest BCUT2D eigenvalue weighted by molar-refractivity contribution is 0.395. The molecule has 0 bridgehead atoms. The zero-order chi connectivity index (χ0) is 10.1. The highest BCUT2D eigenvalue weighted by Gasteiger charge is 2.21. The van der Waals surface area contributed by atoms with Gasteiger partial charge < -0.3 is 4.74 Å². The van der Waals surface area contributed by atoms with E-state index in [0.717, 1.165) is 6.07 Å². The summed E-state index contributed by atoms with van der Waals surface area (Å²) in [6.45, 7) is 0. The third kappa shape index (κ3) is 2.10. The van der Waals surface area contributed by atoms with E-state index in [2.05, 4.69) is 4.74 Å². The third-order valence-corrected chi connectivity index (χ3v) is 2.74. The van der Waals surface area contributed by atoms with Gasteiger partial charge in [0.05, 0.1) is 7.11 Å². The van der Waals surface area contributed by atoms with Gasteiger partial charge in [-0.1, -0.05) is 6.07 Å². The van der Waals surface area contributed by atoms with Gasteiger partial charge in [0.1, 0.15) is 11.6 Å². The van der Waals surface area contributed by atoms with Gasteiger partial charge in [-0.3, -0.25) is 0 Å². The zero-order valence-electron chi connectivity index (χ0n) is 6.62. The quantitative estimate of drug-likeness (QED) is 0.719. The van der Waals surface area contributed by atoms with Crippen molar-refractivity contribution in [3.05, 3.63) is 24.0 Å². The molecule has 0 saturated heterocycles. The van der Waals surface area contributed by atoms with Gasteiger partial charge in [-0.05, 0) is 12.1 Å². The van der Waals surface area contributed by atoms with E-state index in [9.17, 15) is 12.8 Å². The second-order valence-electron chi connectivity index (χ2n) is 2.21. The molecule has 13 heavy (non-hydrogen) atoms. The van der Waals surface area contributed by atoms with Gasteiger partial charge in [0.25, 0.3) is 9.05 Å². The Morgan fingerprint density at radius 3 is 2.46 bits per heavy atom. The predicted octanol–water partition coefficient (Wildman–Crippen LogP) is 1.76. The van der Waals surface area contributed by atoms with Crippen molar-refractivity contribution in [3.63, 3.8) is 0 Å². The normalized spacial score (nSPS) is 11.3. The highest BCUT2D eigenvalue weighted by molar-refractivity contribution is 8.13. The molecule has 0 heterocycles. The molecule has 1 aromatic carbocycles. The molecule has 0 amide bonds. The average Bonchev–Trinajstić information content (AvgIpc) is 2.01. The van der Waals surface area contributed by atoms with Crippen LogP contribution in [0.2, 0.25) is 0 Å². The molecular weight excluding hydrogens is 219 g/mol. The van der Waals surface area contributed by atoms with Crippen LogP contribution in [0.4, 0.5) is 4.39 Å². The van der Waals surface area contributed by atoms with Crippen molar-refractivity contribution in [2.24, 2.45) is 0 Å². The molecule has 6 heteroatoms. The summed E-state index contributed by atoms with van der Waals surface area (Å²) in [5, 5.41) is 0. The number of hydrogen-bond donors (Lipinski definition) is 0. The maximum atomic E-state index is 13.0. The van der Waals surface area contributed by atoms with Gasteiger partial charge in [0.2, 0.25) is 0 Å². The van der Waals surface area contributed by atoms with Crippen molar-refractivity contribution < 1.29 is 17.5 Å². The van der Waals surface area contributed by atoms with Crippen LogP contribution in [0.15, 0.2) is 23.1 Å². The maximum absolute atomic E-state index is 13.0. The van der Waals surface area contributed by atoms with Crippen LogP contribution in [0.25, 0.3) is 0 Å². The Morgan fingerprint density at radius 1 is 1.46 bits per heavy atom. The average molecular weight is 225 g/mol. The predicted molar refractivity (Wildman–Crippen MR) is 46.0 cm³/mol. The van der Waals surface area contributed by atoms with Crippen molar-refractivity contribution in [2.75, 3.05) is 7.11 Å². The first-order valence-electron chi connectivity index (χ1n) is 3.24. The van der Waals surface area contributed by atoms with E-state index in [4.69, 9.17) is 10.7 Å². The second-order valence-corrected chi connectivity index (χ2v) is 4.71. The van der Waals surface area contributed by atoms with Gasteiger partial charge in [-0.2, -0.15) is 0 Å². The minimum Gasteiger partial charge on any atom is -0.495 e. The lowest BCUT2D eigenvalue weighted by Gasteiger charge is -2.05. The Morgan fingerprint density at radius 2 is 2.08 bits per heavy atom. The number of ether oxygens (including phenoxy) is 1. The zero-order valence-corrected chi connectivity index (χ0v) is 8.19. The molecule has 0 radical (unpaired) electrons. The Kier molecular flexibility index (Phi) is 2.77. The van der Waals surface area contributed by atoms with Gasteiger partial charge in [0.15, 0.2) is 4.90 Å². The van der Waals surface area contributed by atoms with Gasteiger partial charge >= 0.3 is 0 Å². The van der Waals surface area contributed by atoms with Crippen LogP contribution in [0.3, 0.4) is 0 Å². The van der Waals surface area contributed by atoms with E-state index in [-0.39, 0.29) is 5.75 Å². The van der Waals surface area contributed by atoms with Crippen LogP contribution in [-0.2, 0) is 9.05 Å². The van der Waals surface area contributed by atoms with E-state index < -0.39 is 19.8 Å². The van der Waals surface area contributed by atoms with Crippen LogP contribution >= 0.6 is 10.7 Å². The molecule has 0 spiro atoms. The first-order chi connectivity index (χ1) is 5.96. The molecule has 0 aliphatic carbocycles. The summed E-state index contributed by atoms with van der Waals surface area (Å²) in [5.41, 5.74) is 0. The van der Waals surface area contributed by atoms with E-state index in [0.29, 0.717) is 0 Å². The molecule has 0 saturated carbocycles. The molecule has 0 aromatic heterocycles. The monoisotopic (exact) mass is 224 g/mol. The molecule has 1 rings (SSSR count). The standard InChI is InChI=1S/C7H6ClFO3S/c1-12-6-4-2-3-5(9)7(6)13(8,10)11/h2-4H,1H3. The highest BCUT2D eigenvalue weighted by atomic mass is 35.7. The third-order valence-electron chi connectivity index (χ3n) is 1.39. The summed E-state index contributed by atoms with van der Waals surface area (Å²) < 4.78 is 39.4. The molecule has 0 N–H and O–H groups in total. The van der Waals surface area contributed by atoms with Gasteiger partial charge in [0, 0.05) is 10.7 Å². The Bertz CT molecular complexity index is 416. The Balaban J connectivity index is 3.50. The van der Waals surface area contributed by atoms with Crippen LogP contribution in [0, 0.1) is 5.82 Å². The fraction of sp³-hybridized carbons (Fsp3) is 0.143. The van der Waals surface area contributed by atoms with E-state index in [1.165, 1.54) is 19.2 Å². The maximum Gasteiger partial charge on any atom is 0.267 e. The largest absolute Gasteiger partial charge is 0.495 e. The summed E-state index contributed by atoms with van der Waals surface area (Å²) in [5.74, 6) is -1.02. The molecular formula is C7H6ClFO3S. The molecule has 1 aromatic rings. The molecule has 0 fully saturated rings. The number of benzene rings is 1. The summed E-state index contributed by atoms with van der Waals surface area (Å²) >= 11 is 0. The first-order valence-corrected chi connectivity index (χ1v) is 5.55. The molecule has 0 aliphatic heterocycles. The first kappa shape index (κ1) is 10.3. The van der Waals surface area contributed by atoms with Crippen LogP contribution in [0.1, 0.15) is 0 Å². The minimum atomic E-state index is -4.10. The lowest BCUT2D eigenvalue weighted by atomic mass is 10.3. The van der Waals surface area contributed by atoms with E-state index >= 15 is 0 Å². The Hall–Kier alpha value is -0.810. The van der Waals surface area contributed by atoms with Crippen molar-refractivity contribution in [2.45, 2.75) is 4.90 Å². The second kappa shape index (κ2) is 3.51. The topological polar surface area (TPSA) is 43.4 Å². The number of methoxy groups -OCH3 is 1. The molecule has 3 nitrogen and oxygen atoms in total. The molecule has 0 unspecified atom stereocenters. The van der Waals surface area contributed by atoms with Gasteiger partial charge in [-0.15, -0.1) is 0 Å². The van der Waals surface area contributed by atoms with Gasteiger partial charge in [-0.25, -0.2) is 12.8 Å². The highest BCUT2D eigenvalue weighted by Crippen LogP contribution is 2.28. The Labute approximate surface area is 79.5 Å². The number of hydrogen-bond acceptors (Lipinski definition) is 3. The smallest absolute Gasteiger partial charge is 0.267 e. The summed E-state index contributed by atoms with van der Waals surface area (Å²) in [4.78, 5) is -0.626. The van der Waals surface area contributed by atoms with Crippen LogP contribution < -0.4 is 4.74 Å². The van der Waals surface area contributed by atoms with Crippen molar-refractivity contribution >= 4 is 19.7 Å². The van der Waals surface area contributed by atoms with Crippen molar-refractivity contribution in [3.8, 4) is 5.75 Å². The van der Waals surface area contributed by atoms with Crippen LogP contribution in [0.5, 0.6) is 5.75 Å². The fourth-order valence-corrected chi connectivity index (χ4v) is 2.03. The molecule has 0 atom stereocenters. The van der Waals surface area contributed by atoms with Crippen molar-refractivity contribution in [1.82, 2.24) is 0 Å². The minimum absolute atomic E-state index is 0.102. The molecule has 72 valence electrons.